The van der Waals surface area contributed by atoms with E-state index in [4.69, 9.17) is 0 Å². The van der Waals surface area contributed by atoms with Crippen molar-refractivity contribution in [3.8, 4) is 23.7 Å². The van der Waals surface area contributed by atoms with Gasteiger partial charge in [-0.2, -0.15) is 0 Å². The zero-order chi connectivity index (χ0) is 24.1. The minimum atomic E-state index is -1.56. The molecule has 0 spiro atoms. The van der Waals surface area contributed by atoms with Crippen LogP contribution in [0.25, 0.3) is 10.8 Å². The summed E-state index contributed by atoms with van der Waals surface area (Å²) in [6, 6.07) is 18.1. The summed E-state index contributed by atoms with van der Waals surface area (Å²) in [7, 11) is 0. The van der Waals surface area contributed by atoms with Crippen molar-refractivity contribution in [2.45, 2.75) is 26.2 Å². The first-order valence-electron chi connectivity index (χ1n) is 10.9. The van der Waals surface area contributed by atoms with Crippen molar-refractivity contribution in [1.29, 1.82) is 0 Å². The summed E-state index contributed by atoms with van der Waals surface area (Å²) in [5.74, 6) is 6.49. The van der Waals surface area contributed by atoms with Crippen molar-refractivity contribution in [2.75, 3.05) is 0 Å². The van der Waals surface area contributed by atoms with E-state index in [2.05, 4.69) is 42.7 Å². The Bertz CT molecular complexity index is 1450. The van der Waals surface area contributed by atoms with E-state index >= 15 is 0 Å². The lowest BCUT2D eigenvalue weighted by atomic mass is 10.0. The van der Waals surface area contributed by atoms with Gasteiger partial charge in [-0.1, -0.05) is 61.3 Å². The van der Waals surface area contributed by atoms with E-state index in [1.54, 1.807) is 24.3 Å². The van der Waals surface area contributed by atoms with Crippen molar-refractivity contribution in [3.05, 3.63) is 118 Å². The molecule has 0 amide bonds. The van der Waals surface area contributed by atoms with Gasteiger partial charge in [0.05, 0.1) is 5.56 Å². The SMILES string of the molecule is CCCCc1ccc(C#Cc2ccc3c(F)c(C#Cc4cc(F)c(F)c(F)c4)ccc3c2)cc1. The summed E-state index contributed by atoms with van der Waals surface area (Å²) < 4.78 is 54.8. The highest BCUT2D eigenvalue weighted by Gasteiger charge is 2.10. The second-order valence-electron chi connectivity index (χ2n) is 7.92. The maximum atomic E-state index is 15.0. The molecule has 0 radical (unpaired) electrons. The quantitative estimate of drug-likeness (QED) is 0.170. The van der Waals surface area contributed by atoms with Crippen LogP contribution in [0.15, 0.2) is 66.7 Å². The molecule has 4 aromatic rings. The van der Waals surface area contributed by atoms with E-state index in [0.717, 1.165) is 42.5 Å². The summed E-state index contributed by atoms with van der Waals surface area (Å²) in [6.45, 7) is 2.17. The van der Waals surface area contributed by atoms with Gasteiger partial charge in [-0.05, 0) is 66.3 Å². The fourth-order valence-electron chi connectivity index (χ4n) is 3.51. The molecule has 4 heteroatoms. The molecule has 168 valence electrons. The molecule has 0 aliphatic heterocycles. The van der Waals surface area contributed by atoms with Crippen LogP contribution in [0.4, 0.5) is 17.6 Å². The molecule has 0 nitrogen and oxygen atoms in total. The van der Waals surface area contributed by atoms with Crippen LogP contribution in [0.5, 0.6) is 0 Å². The fraction of sp³-hybridized carbons (Fsp3) is 0.133. The van der Waals surface area contributed by atoms with Crippen LogP contribution in [0.3, 0.4) is 0 Å². The molecule has 34 heavy (non-hydrogen) atoms. The topological polar surface area (TPSA) is 0 Å². The Morgan fingerprint density at radius 2 is 1.26 bits per heavy atom. The number of benzene rings is 4. The van der Waals surface area contributed by atoms with Crippen molar-refractivity contribution < 1.29 is 17.6 Å². The molecule has 0 fully saturated rings. The maximum absolute atomic E-state index is 15.0. The van der Waals surface area contributed by atoms with Crippen LogP contribution in [0.2, 0.25) is 0 Å². The second kappa shape index (κ2) is 10.3. The minimum Gasteiger partial charge on any atom is -0.205 e. The van der Waals surface area contributed by atoms with Crippen molar-refractivity contribution in [2.24, 2.45) is 0 Å². The first-order valence-corrected chi connectivity index (χ1v) is 10.9. The molecular weight excluding hydrogens is 436 g/mol. The predicted octanol–water partition coefficient (Wildman–Crippen LogP) is 7.54. The summed E-state index contributed by atoms with van der Waals surface area (Å²) in [4.78, 5) is 0. The molecule has 0 atom stereocenters. The normalized spacial score (nSPS) is 10.4. The number of rotatable bonds is 3. The van der Waals surface area contributed by atoms with Gasteiger partial charge in [-0.15, -0.1) is 0 Å². The van der Waals surface area contributed by atoms with Crippen LogP contribution in [-0.2, 0) is 6.42 Å². The third-order valence-electron chi connectivity index (χ3n) is 5.40. The van der Waals surface area contributed by atoms with Gasteiger partial charge in [0.2, 0.25) is 0 Å². The molecular formula is C30H20F4. The average molecular weight is 456 g/mol. The van der Waals surface area contributed by atoms with E-state index in [1.165, 1.54) is 11.6 Å². The highest BCUT2D eigenvalue weighted by atomic mass is 19.2. The number of unbranched alkanes of at least 4 members (excludes halogenated alkanes) is 1. The zero-order valence-corrected chi connectivity index (χ0v) is 18.5. The third-order valence-corrected chi connectivity index (χ3v) is 5.40. The second-order valence-corrected chi connectivity index (χ2v) is 7.92. The van der Waals surface area contributed by atoms with Crippen molar-refractivity contribution in [1.82, 2.24) is 0 Å². The number of hydrogen-bond acceptors (Lipinski definition) is 0. The number of hydrogen-bond donors (Lipinski definition) is 0. The largest absolute Gasteiger partial charge is 0.205 e. The summed E-state index contributed by atoms with van der Waals surface area (Å²) in [5, 5.41) is 1.01. The van der Waals surface area contributed by atoms with Crippen molar-refractivity contribution >= 4 is 10.8 Å². The molecule has 0 saturated carbocycles. The smallest absolute Gasteiger partial charge is 0.194 e. The van der Waals surface area contributed by atoms with Gasteiger partial charge < -0.3 is 0 Å². The van der Waals surface area contributed by atoms with Gasteiger partial charge in [-0.3, -0.25) is 0 Å². The first-order chi connectivity index (χ1) is 16.4. The van der Waals surface area contributed by atoms with Gasteiger partial charge in [0, 0.05) is 22.1 Å². The molecule has 4 aromatic carbocycles. The lowest BCUT2D eigenvalue weighted by molar-refractivity contribution is 0.446. The van der Waals surface area contributed by atoms with Crippen molar-refractivity contribution in [3.63, 3.8) is 0 Å². The third kappa shape index (κ3) is 5.30. The molecule has 0 aliphatic rings. The van der Waals surface area contributed by atoms with Crippen LogP contribution in [0.1, 0.15) is 47.6 Å². The van der Waals surface area contributed by atoms with E-state index in [-0.39, 0.29) is 11.1 Å². The summed E-state index contributed by atoms with van der Waals surface area (Å²) in [5.41, 5.74) is 2.94. The molecule has 0 bridgehead atoms. The highest BCUT2D eigenvalue weighted by Crippen LogP contribution is 2.22. The molecule has 4 rings (SSSR count). The lowest BCUT2D eigenvalue weighted by Crippen LogP contribution is -1.92. The molecule has 0 unspecified atom stereocenters. The lowest BCUT2D eigenvalue weighted by Gasteiger charge is -2.03. The molecule has 0 heterocycles. The Morgan fingerprint density at radius 3 is 1.97 bits per heavy atom. The Balaban J connectivity index is 1.57. The van der Waals surface area contributed by atoms with E-state index < -0.39 is 23.3 Å². The monoisotopic (exact) mass is 456 g/mol. The molecule has 0 aromatic heterocycles. The van der Waals surface area contributed by atoms with Gasteiger partial charge in [0.15, 0.2) is 17.5 Å². The minimum absolute atomic E-state index is 0.0691. The standard InChI is InChI=1S/C30H20F4/c1-2-3-4-20-5-7-21(8-6-20)9-10-22-12-16-26-25(17-22)15-14-24(29(26)33)13-11-23-18-27(31)30(34)28(32)19-23/h5-8,12,14-19H,2-4H2,1H3. The highest BCUT2D eigenvalue weighted by molar-refractivity contribution is 5.86. The molecule has 0 N–H and O–H groups in total. The Kier molecular flexibility index (Phi) is 7.00. The van der Waals surface area contributed by atoms with Gasteiger partial charge in [-0.25, -0.2) is 17.6 Å². The average Bonchev–Trinajstić information content (AvgIpc) is 2.85. The maximum Gasteiger partial charge on any atom is 0.194 e. The van der Waals surface area contributed by atoms with Crippen LogP contribution in [0, 0.1) is 47.0 Å². The van der Waals surface area contributed by atoms with E-state index in [9.17, 15) is 17.6 Å². The molecule has 0 saturated heterocycles. The van der Waals surface area contributed by atoms with Crippen LogP contribution in [-0.4, -0.2) is 0 Å². The number of halogens is 4. The van der Waals surface area contributed by atoms with Crippen LogP contribution >= 0.6 is 0 Å². The van der Waals surface area contributed by atoms with E-state index in [0.29, 0.717) is 10.8 Å². The van der Waals surface area contributed by atoms with Gasteiger partial charge >= 0.3 is 0 Å². The first kappa shape index (κ1) is 23.1. The zero-order valence-electron chi connectivity index (χ0n) is 18.5. The summed E-state index contributed by atoms with van der Waals surface area (Å²) >= 11 is 0. The van der Waals surface area contributed by atoms with Crippen LogP contribution < -0.4 is 0 Å². The van der Waals surface area contributed by atoms with Gasteiger partial charge in [0.25, 0.3) is 0 Å². The van der Waals surface area contributed by atoms with E-state index in [1.807, 2.05) is 12.1 Å². The number of fused-ring (bicyclic) bond motifs is 1. The molecule has 0 aliphatic carbocycles. The predicted molar refractivity (Wildman–Crippen MR) is 127 cm³/mol. The Hall–Kier alpha value is -4.02. The fourth-order valence-corrected chi connectivity index (χ4v) is 3.51. The Labute approximate surface area is 196 Å². The summed E-state index contributed by atoms with van der Waals surface area (Å²) in [6.07, 6.45) is 3.38. The van der Waals surface area contributed by atoms with Gasteiger partial charge in [0.1, 0.15) is 5.82 Å². The Morgan fingerprint density at radius 1 is 0.618 bits per heavy atom. The number of aryl methyl sites for hydroxylation is 1.